The second-order valence-electron chi connectivity index (χ2n) is 16.0. The summed E-state index contributed by atoms with van der Waals surface area (Å²) >= 11 is 0. The first-order chi connectivity index (χ1) is 23.6. The molecule has 0 amide bonds. The molecule has 4 heterocycles. The molecule has 0 spiro atoms. The molecule has 50 heavy (non-hydrogen) atoms. The van der Waals surface area contributed by atoms with Crippen LogP contribution in [-0.4, -0.2) is 79.9 Å². The van der Waals surface area contributed by atoms with E-state index < -0.39 is 43.2 Å². The lowest BCUT2D eigenvalue weighted by Gasteiger charge is -2.51. The van der Waals surface area contributed by atoms with Crippen molar-refractivity contribution >= 4 is 48.0 Å². The van der Waals surface area contributed by atoms with Crippen molar-refractivity contribution in [3.05, 3.63) is 71.4 Å². The molecule has 3 aromatic rings. The van der Waals surface area contributed by atoms with Crippen molar-refractivity contribution in [2.75, 3.05) is 26.8 Å². The predicted molar refractivity (Wildman–Crippen MR) is 205 cm³/mol. The van der Waals surface area contributed by atoms with Crippen LogP contribution in [0.15, 0.2) is 54.7 Å². The summed E-state index contributed by atoms with van der Waals surface area (Å²) in [5.41, 5.74) is 2.09. The fourth-order valence-corrected chi connectivity index (χ4v) is 20.4. The van der Waals surface area contributed by atoms with Gasteiger partial charge in [0.2, 0.25) is 0 Å². The summed E-state index contributed by atoms with van der Waals surface area (Å²) in [6.45, 7) is 19.6. The Morgan fingerprint density at radius 3 is 2.22 bits per heavy atom. The third-order valence-electron chi connectivity index (χ3n) is 9.75. The van der Waals surface area contributed by atoms with E-state index in [0.29, 0.717) is 24.0 Å². The average molecular weight is 737 g/mol. The van der Waals surface area contributed by atoms with Crippen LogP contribution in [-0.2, 0) is 17.7 Å². The molecule has 0 saturated carbocycles. The molecular weight excluding hydrogens is 681 g/mol. The van der Waals surface area contributed by atoms with Gasteiger partial charge in [0.25, 0.3) is 0 Å². The predicted octanol–water partition coefficient (Wildman–Crippen LogP) is 8.58. The lowest BCUT2D eigenvalue weighted by Crippen LogP contribution is -2.55. The van der Waals surface area contributed by atoms with Crippen molar-refractivity contribution in [2.45, 2.75) is 96.6 Å². The number of hydrogen-bond acceptors (Lipinski definition) is 9. The molecule has 272 valence electrons. The third kappa shape index (κ3) is 9.51. The number of aromatic nitrogens is 1. The molecule has 1 aromatic heterocycles. The van der Waals surface area contributed by atoms with E-state index >= 15 is 0 Å². The number of benzene rings is 2. The Kier molecular flexibility index (Phi) is 12.1. The standard InChI is InChI=1S/C38H56N2O7Si3/c1-10-27-26-40-21-19-28(27)24-35(40)36(30-18-20-39-34-17-16-29(43-2)25-33(30)34)45-38(42)32-15-12-11-14-31(32)37(41)44-22-13-23-50(9,46-48(3,4)5)47-49(6,7)8/h11-12,14-18,20,25,27-28,35-36H,10,13,19,21-24,26H2,1-9H3/t27-,28-,35+,36-/m0/s1. The zero-order valence-corrected chi connectivity index (χ0v) is 34.4. The Bertz CT molecular complexity index is 1640. The van der Waals surface area contributed by atoms with E-state index in [9.17, 15) is 9.59 Å². The SMILES string of the molecule is CC[C@H]1CN2CC[C@H]1C[C@@H]2[C@@H](OC(=O)c1ccccc1C(=O)OCCC[Si](C)(O[Si](C)(C)C)O[Si](C)(C)C)c1ccnc2ccc(OC)cc12. The van der Waals surface area contributed by atoms with Gasteiger partial charge in [-0.2, -0.15) is 0 Å². The lowest BCUT2D eigenvalue weighted by molar-refractivity contribution is -0.0660. The van der Waals surface area contributed by atoms with Gasteiger partial charge in [0, 0.05) is 23.7 Å². The second-order valence-corrected chi connectivity index (χ2v) is 28.8. The highest BCUT2D eigenvalue weighted by atomic mass is 28.5. The maximum Gasteiger partial charge on any atom is 0.339 e. The number of piperidine rings is 3. The quantitative estimate of drug-likeness (QED) is 0.0864. The summed E-state index contributed by atoms with van der Waals surface area (Å²) in [5, 5.41) is 0.888. The molecule has 0 aliphatic carbocycles. The molecule has 0 N–H and O–H groups in total. The van der Waals surface area contributed by atoms with Crippen LogP contribution in [0.3, 0.4) is 0 Å². The van der Waals surface area contributed by atoms with Crippen molar-refractivity contribution in [1.29, 1.82) is 0 Å². The third-order valence-corrected chi connectivity index (χ3v) is 19.4. The number of fused-ring (bicyclic) bond motifs is 4. The van der Waals surface area contributed by atoms with E-state index in [2.05, 4.69) is 62.6 Å². The normalized spacial score (nSPS) is 21.5. The van der Waals surface area contributed by atoms with Crippen LogP contribution in [0.4, 0.5) is 0 Å². The van der Waals surface area contributed by atoms with E-state index in [1.807, 2.05) is 24.3 Å². The first-order valence-electron chi connectivity index (χ1n) is 18.1. The van der Waals surface area contributed by atoms with Crippen LogP contribution in [0, 0.1) is 11.8 Å². The second kappa shape index (κ2) is 15.8. The summed E-state index contributed by atoms with van der Waals surface area (Å²) in [6, 6.07) is 15.3. The van der Waals surface area contributed by atoms with E-state index in [-0.39, 0.29) is 23.8 Å². The highest BCUT2D eigenvalue weighted by Gasteiger charge is 2.45. The van der Waals surface area contributed by atoms with Gasteiger partial charge in [0.15, 0.2) is 16.6 Å². The number of pyridine rings is 1. The van der Waals surface area contributed by atoms with Crippen molar-refractivity contribution < 1.29 is 32.0 Å². The maximum absolute atomic E-state index is 14.2. The summed E-state index contributed by atoms with van der Waals surface area (Å²) in [5.74, 6) is 0.852. The largest absolute Gasteiger partial charge is 0.497 e. The fourth-order valence-electron chi connectivity index (χ4n) is 7.90. The molecule has 6 rings (SSSR count). The molecule has 3 aliphatic heterocycles. The van der Waals surface area contributed by atoms with Crippen molar-refractivity contribution in [2.24, 2.45) is 11.8 Å². The first-order valence-corrected chi connectivity index (χ1v) is 27.5. The molecule has 5 atom stereocenters. The van der Waals surface area contributed by atoms with Gasteiger partial charge in [-0.3, -0.25) is 9.88 Å². The van der Waals surface area contributed by atoms with E-state index in [1.54, 1.807) is 37.6 Å². The summed E-state index contributed by atoms with van der Waals surface area (Å²) in [7, 11) is -4.50. The zero-order valence-electron chi connectivity index (χ0n) is 31.4. The molecular formula is C38H56N2O7Si3. The number of esters is 2. The number of nitrogens with zero attached hydrogens (tertiary/aromatic N) is 2. The molecule has 2 bridgehead atoms. The van der Waals surface area contributed by atoms with Crippen molar-refractivity contribution in [3.8, 4) is 5.75 Å². The summed E-state index contributed by atoms with van der Waals surface area (Å²) < 4.78 is 31.1. The highest BCUT2D eigenvalue weighted by molar-refractivity contribution is 6.87. The Hall–Kier alpha value is -2.88. The van der Waals surface area contributed by atoms with Crippen LogP contribution in [0.5, 0.6) is 5.75 Å². The molecule has 0 radical (unpaired) electrons. The van der Waals surface area contributed by atoms with E-state index in [0.717, 1.165) is 54.9 Å². The molecule has 9 nitrogen and oxygen atoms in total. The number of carbonyl (C=O) groups excluding carboxylic acids is 2. The van der Waals surface area contributed by atoms with E-state index in [4.69, 9.17) is 22.4 Å². The molecule has 12 heteroatoms. The number of hydrogen-bond donors (Lipinski definition) is 0. The van der Waals surface area contributed by atoms with E-state index in [1.165, 1.54) is 0 Å². The Morgan fingerprint density at radius 2 is 1.62 bits per heavy atom. The van der Waals surface area contributed by atoms with Gasteiger partial charge in [-0.15, -0.1) is 0 Å². The molecule has 3 fully saturated rings. The molecule has 2 aromatic carbocycles. The Labute approximate surface area is 301 Å². The van der Waals surface area contributed by atoms with Crippen LogP contribution >= 0.6 is 0 Å². The molecule has 3 saturated heterocycles. The topological polar surface area (TPSA) is 96.4 Å². The van der Waals surface area contributed by atoms with Gasteiger partial charge in [-0.1, -0.05) is 25.5 Å². The molecule has 3 aliphatic rings. The van der Waals surface area contributed by atoms with Crippen LogP contribution in [0.2, 0.25) is 51.9 Å². The Morgan fingerprint density at radius 1 is 0.940 bits per heavy atom. The van der Waals surface area contributed by atoms with Gasteiger partial charge < -0.3 is 22.4 Å². The van der Waals surface area contributed by atoms with Crippen LogP contribution < -0.4 is 4.74 Å². The van der Waals surface area contributed by atoms with Gasteiger partial charge in [-0.05, 0) is 126 Å². The Balaban J connectivity index is 1.36. The van der Waals surface area contributed by atoms with Gasteiger partial charge >= 0.3 is 20.5 Å². The van der Waals surface area contributed by atoms with Crippen molar-refractivity contribution in [3.63, 3.8) is 0 Å². The minimum Gasteiger partial charge on any atom is -0.497 e. The summed E-state index contributed by atoms with van der Waals surface area (Å²) in [6.07, 6.45) is 5.07. The first kappa shape index (κ1) is 38.4. The number of carbonyl (C=O) groups is 2. The van der Waals surface area contributed by atoms with Gasteiger partial charge in [-0.25, -0.2) is 9.59 Å². The maximum atomic E-state index is 14.2. The number of ether oxygens (including phenoxy) is 3. The monoisotopic (exact) mass is 736 g/mol. The number of methoxy groups -OCH3 is 1. The van der Waals surface area contributed by atoms with Gasteiger partial charge in [0.1, 0.15) is 11.9 Å². The summed E-state index contributed by atoms with van der Waals surface area (Å²) in [4.78, 5) is 34.8. The van der Waals surface area contributed by atoms with Gasteiger partial charge in [0.05, 0.1) is 36.4 Å². The highest BCUT2D eigenvalue weighted by Crippen LogP contribution is 2.44. The lowest BCUT2D eigenvalue weighted by atomic mass is 9.72. The molecule has 1 unspecified atom stereocenters. The van der Waals surface area contributed by atoms with Crippen molar-refractivity contribution in [1.82, 2.24) is 9.88 Å². The smallest absolute Gasteiger partial charge is 0.339 e. The average Bonchev–Trinajstić information content (AvgIpc) is 3.06. The fraction of sp³-hybridized carbons (Fsp3) is 0.553. The minimum atomic E-state index is -2.46. The minimum absolute atomic E-state index is 0.00616. The van der Waals surface area contributed by atoms with Crippen LogP contribution in [0.25, 0.3) is 10.9 Å². The zero-order chi connectivity index (χ0) is 36.3. The number of rotatable bonds is 15. The van der Waals surface area contributed by atoms with Crippen LogP contribution in [0.1, 0.15) is 65.0 Å².